The molecule has 100 valence electrons. The van der Waals surface area contributed by atoms with Crippen LogP contribution in [-0.2, 0) is 9.53 Å². The molecule has 1 atom stereocenters. The van der Waals surface area contributed by atoms with Crippen LogP contribution in [0.4, 0.5) is 0 Å². The summed E-state index contributed by atoms with van der Waals surface area (Å²) in [5, 5.41) is 2.46. The van der Waals surface area contributed by atoms with Crippen LogP contribution >= 0.6 is 0 Å². The molecule has 0 bridgehead atoms. The van der Waals surface area contributed by atoms with Crippen LogP contribution < -0.4 is 0 Å². The third-order valence-electron chi connectivity index (χ3n) is 3.57. The minimum Gasteiger partial charge on any atom is -0.465 e. The van der Waals surface area contributed by atoms with Gasteiger partial charge in [0.15, 0.2) is 0 Å². The lowest BCUT2D eigenvalue weighted by atomic mass is 9.94. The first-order chi connectivity index (χ1) is 9.74. The van der Waals surface area contributed by atoms with E-state index in [0.29, 0.717) is 6.61 Å². The summed E-state index contributed by atoms with van der Waals surface area (Å²) in [6, 6.07) is 14.8. The second-order valence-electron chi connectivity index (χ2n) is 4.98. The van der Waals surface area contributed by atoms with Crippen LogP contribution in [0.1, 0.15) is 12.5 Å². The number of allylic oxidation sites excluding steroid dienone is 2. The van der Waals surface area contributed by atoms with Gasteiger partial charge in [-0.15, -0.1) is 0 Å². The molecular weight excluding hydrogens is 248 g/mol. The van der Waals surface area contributed by atoms with Crippen molar-refractivity contribution in [2.45, 2.75) is 6.92 Å². The zero-order valence-corrected chi connectivity index (χ0v) is 11.4. The van der Waals surface area contributed by atoms with E-state index in [4.69, 9.17) is 4.74 Å². The number of carbonyl (C=O) groups excluding carboxylic acids is 1. The van der Waals surface area contributed by atoms with Crippen LogP contribution in [0.3, 0.4) is 0 Å². The molecule has 20 heavy (non-hydrogen) atoms. The normalized spacial score (nSPS) is 17.2. The summed E-state index contributed by atoms with van der Waals surface area (Å²) < 4.78 is 5.13. The van der Waals surface area contributed by atoms with Gasteiger partial charge in [0.05, 0.1) is 0 Å². The second kappa shape index (κ2) is 5.33. The van der Waals surface area contributed by atoms with Crippen molar-refractivity contribution in [1.29, 1.82) is 0 Å². The monoisotopic (exact) mass is 264 g/mol. The van der Waals surface area contributed by atoms with E-state index in [2.05, 4.69) is 42.5 Å². The Morgan fingerprint density at radius 3 is 2.75 bits per heavy atom. The highest BCUT2D eigenvalue weighted by Gasteiger charge is 2.18. The summed E-state index contributed by atoms with van der Waals surface area (Å²) in [6.45, 7) is 1.85. The Hall–Kier alpha value is -2.35. The standard InChI is InChI=1S/C18H16O2/c1-13(19)20-12-17-7-4-8-18(17)16-10-9-14-5-2-3-6-15(14)11-16/h2-11,17H,12H2,1H3/t17-/m1/s1. The molecular formula is C18H16O2. The Labute approximate surface area is 118 Å². The Balaban J connectivity index is 1.88. The molecule has 1 aliphatic carbocycles. The molecule has 0 spiro atoms. The summed E-state index contributed by atoms with van der Waals surface area (Å²) in [4.78, 5) is 11.0. The van der Waals surface area contributed by atoms with E-state index in [9.17, 15) is 4.79 Å². The fraction of sp³-hybridized carbons (Fsp3) is 0.167. The zero-order valence-electron chi connectivity index (χ0n) is 11.4. The van der Waals surface area contributed by atoms with Gasteiger partial charge >= 0.3 is 5.97 Å². The highest BCUT2D eigenvalue weighted by molar-refractivity contribution is 5.87. The maximum absolute atomic E-state index is 11.0. The average Bonchev–Trinajstić information content (AvgIpc) is 2.93. The molecule has 3 rings (SSSR count). The van der Waals surface area contributed by atoms with Gasteiger partial charge in [-0.05, 0) is 28.0 Å². The minimum absolute atomic E-state index is 0.153. The molecule has 2 aromatic rings. The van der Waals surface area contributed by atoms with Gasteiger partial charge in [-0.3, -0.25) is 4.79 Å². The van der Waals surface area contributed by atoms with Gasteiger partial charge in [-0.2, -0.15) is 0 Å². The van der Waals surface area contributed by atoms with E-state index in [1.807, 2.05) is 18.2 Å². The number of benzene rings is 2. The molecule has 2 nitrogen and oxygen atoms in total. The molecule has 0 heterocycles. The molecule has 0 unspecified atom stereocenters. The number of hydrogen-bond acceptors (Lipinski definition) is 2. The predicted molar refractivity (Wildman–Crippen MR) is 81.2 cm³/mol. The second-order valence-corrected chi connectivity index (χ2v) is 4.98. The van der Waals surface area contributed by atoms with Crippen molar-refractivity contribution >= 4 is 22.3 Å². The van der Waals surface area contributed by atoms with Gasteiger partial charge < -0.3 is 4.74 Å². The number of hydrogen-bond donors (Lipinski definition) is 0. The van der Waals surface area contributed by atoms with Crippen LogP contribution in [0, 0.1) is 5.92 Å². The van der Waals surface area contributed by atoms with Crippen LogP contribution in [0.25, 0.3) is 16.3 Å². The quantitative estimate of drug-likeness (QED) is 0.784. The number of esters is 1. The lowest BCUT2D eigenvalue weighted by Crippen LogP contribution is -2.10. The Morgan fingerprint density at radius 1 is 1.15 bits per heavy atom. The summed E-state index contributed by atoms with van der Waals surface area (Å²) in [5.74, 6) is -0.0803. The first-order valence-corrected chi connectivity index (χ1v) is 6.75. The van der Waals surface area contributed by atoms with Gasteiger partial charge in [0.25, 0.3) is 0 Å². The van der Waals surface area contributed by atoms with Crippen molar-refractivity contribution < 1.29 is 9.53 Å². The van der Waals surface area contributed by atoms with E-state index < -0.39 is 0 Å². The lowest BCUT2D eigenvalue weighted by molar-refractivity contribution is -0.141. The molecule has 0 aromatic heterocycles. The molecule has 2 aromatic carbocycles. The van der Waals surface area contributed by atoms with Crippen LogP contribution in [0.2, 0.25) is 0 Å². The van der Waals surface area contributed by atoms with Crippen molar-refractivity contribution in [3.63, 3.8) is 0 Å². The predicted octanol–water partition coefficient (Wildman–Crippen LogP) is 3.97. The van der Waals surface area contributed by atoms with Crippen LogP contribution in [-0.4, -0.2) is 12.6 Å². The van der Waals surface area contributed by atoms with Gasteiger partial charge in [-0.25, -0.2) is 0 Å². The van der Waals surface area contributed by atoms with Crippen LogP contribution in [0.5, 0.6) is 0 Å². The molecule has 0 saturated carbocycles. The molecule has 2 heteroatoms. The first-order valence-electron chi connectivity index (χ1n) is 6.75. The van der Waals surface area contributed by atoms with Crippen molar-refractivity contribution in [2.24, 2.45) is 5.92 Å². The highest BCUT2D eigenvalue weighted by atomic mass is 16.5. The topological polar surface area (TPSA) is 26.3 Å². The summed E-state index contributed by atoms with van der Waals surface area (Å²) >= 11 is 0. The zero-order chi connectivity index (χ0) is 13.9. The third-order valence-corrected chi connectivity index (χ3v) is 3.57. The Bertz CT molecular complexity index is 710. The maximum Gasteiger partial charge on any atom is 0.302 e. The molecule has 0 fully saturated rings. The summed E-state index contributed by atoms with van der Waals surface area (Å²) in [5.41, 5.74) is 2.39. The van der Waals surface area contributed by atoms with Gasteiger partial charge in [0, 0.05) is 12.8 Å². The van der Waals surface area contributed by atoms with E-state index in [1.54, 1.807) is 0 Å². The maximum atomic E-state index is 11.0. The van der Waals surface area contributed by atoms with Crippen molar-refractivity contribution in [3.8, 4) is 0 Å². The SMILES string of the molecule is CC(=O)OC[C@H]1C=CC=C1c1ccc2ccccc2c1. The third kappa shape index (κ3) is 2.50. The van der Waals surface area contributed by atoms with Crippen LogP contribution in [0.15, 0.2) is 60.7 Å². The number of fused-ring (bicyclic) bond motifs is 1. The number of ether oxygens (including phenoxy) is 1. The summed E-state index contributed by atoms with van der Waals surface area (Å²) in [7, 11) is 0. The minimum atomic E-state index is -0.233. The first kappa shape index (κ1) is 12.7. The van der Waals surface area contributed by atoms with Gasteiger partial charge in [-0.1, -0.05) is 54.6 Å². The van der Waals surface area contributed by atoms with E-state index >= 15 is 0 Å². The molecule has 0 saturated heterocycles. The van der Waals surface area contributed by atoms with E-state index in [1.165, 1.54) is 28.8 Å². The van der Waals surface area contributed by atoms with Crippen molar-refractivity contribution in [1.82, 2.24) is 0 Å². The van der Waals surface area contributed by atoms with Crippen molar-refractivity contribution in [2.75, 3.05) is 6.61 Å². The Morgan fingerprint density at radius 2 is 1.95 bits per heavy atom. The van der Waals surface area contributed by atoms with E-state index in [0.717, 1.165) is 0 Å². The van der Waals surface area contributed by atoms with Crippen molar-refractivity contribution in [3.05, 3.63) is 66.3 Å². The molecule has 0 amide bonds. The average molecular weight is 264 g/mol. The van der Waals surface area contributed by atoms with Gasteiger partial charge in [0.2, 0.25) is 0 Å². The fourth-order valence-electron chi connectivity index (χ4n) is 2.55. The van der Waals surface area contributed by atoms with Gasteiger partial charge in [0.1, 0.15) is 6.61 Å². The summed E-state index contributed by atoms with van der Waals surface area (Å²) in [6.07, 6.45) is 6.20. The number of rotatable bonds is 3. The molecule has 0 radical (unpaired) electrons. The Kier molecular flexibility index (Phi) is 3.38. The number of carbonyl (C=O) groups is 1. The molecule has 0 N–H and O–H groups in total. The largest absolute Gasteiger partial charge is 0.465 e. The molecule has 0 aliphatic heterocycles. The smallest absolute Gasteiger partial charge is 0.302 e. The van der Waals surface area contributed by atoms with E-state index in [-0.39, 0.29) is 11.9 Å². The highest BCUT2D eigenvalue weighted by Crippen LogP contribution is 2.31. The molecule has 1 aliphatic rings. The lowest BCUT2D eigenvalue weighted by Gasteiger charge is -2.14. The fourth-order valence-corrected chi connectivity index (χ4v) is 2.55.